The Morgan fingerprint density at radius 1 is 1.25 bits per heavy atom. The molecule has 1 saturated carbocycles. The van der Waals surface area contributed by atoms with Crippen LogP contribution >= 0.6 is 0 Å². The van der Waals surface area contributed by atoms with Crippen LogP contribution in [0, 0.1) is 5.92 Å². The molecule has 5 nitrogen and oxygen atoms in total. The molecule has 5 heteroatoms. The van der Waals surface area contributed by atoms with Gasteiger partial charge in [-0.1, -0.05) is 44.7 Å². The van der Waals surface area contributed by atoms with Crippen molar-refractivity contribution in [2.45, 2.75) is 78.3 Å². The molecule has 0 radical (unpaired) electrons. The van der Waals surface area contributed by atoms with Crippen LogP contribution in [0.5, 0.6) is 0 Å². The summed E-state index contributed by atoms with van der Waals surface area (Å²) in [5.74, 6) is 1.57. The number of aromatic nitrogens is 2. The van der Waals surface area contributed by atoms with Gasteiger partial charge in [0.1, 0.15) is 5.82 Å². The first-order valence-corrected chi connectivity index (χ1v) is 10.9. The van der Waals surface area contributed by atoms with Crippen LogP contribution in [-0.2, 0) is 11.3 Å². The third-order valence-electron chi connectivity index (χ3n) is 6.08. The standard InChI is InChI=1S/C23H33N3O2/c1-4-16-26-22(24-20-13-9-8-12-19(20)23(26)28)17(3)25(5-2)21(27)15-14-18-10-6-7-11-18/h8-9,12-13,17-18H,4-7,10-11,14-16H2,1-3H3. The fraction of sp³-hybridized carbons (Fsp3) is 0.609. The van der Waals surface area contributed by atoms with Crippen molar-refractivity contribution in [2.24, 2.45) is 5.92 Å². The molecule has 3 rings (SSSR count). The summed E-state index contributed by atoms with van der Waals surface area (Å²) in [7, 11) is 0. The zero-order chi connectivity index (χ0) is 20.1. The van der Waals surface area contributed by atoms with Crippen molar-refractivity contribution in [1.29, 1.82) is 0 Å². The quantitative estimate of drug-likeness (QED) is 0.665. The molecule has 1 unspecified atom stereocenters. The molecule has 1 amide bonds. The Kier molecular flexibility index (Phi) is 6.87. The zero-order valence-corrected chi connectivity index (χ0v) is 17.5. The molecular formula is C23H33N3O2. The monoisotopic (exact) mass is 383 g/mol. The third-order valence-corrected chi connectivity index (χ3v) is 6.08. The molecule has 0 bridgehead atoms. The highest BCUT2D eigenvalue weighted by molar-refractivity contribution is 5.78. The van der Waals surface area contributed by atoms with Crippen LogP contribution in [0.25, 0.3) is 10.9 Å². The summed E-state index contributed by atoms with van der Waals surface area (Å²) in [6, 6.07) is 7.26. The number of amides is 1. The Labute approximate surface area is 167 Å². The normalized spacial score (nSPS) is 15.8. The van der Waals surface area contributed by atoms with Gasteiger partial charge in [-0.2, -0.15) is 0 Å². The van der Waals surface area contributed by atoms with Gasteiger partial charge in [0.15, 0.2) is 0 Å². The molecule has 1 aliphatic carbocycles. The van der Waals surface area contributed by atoms with E-state index in [2.05, 4.69) is 6.92 Å². The Bertz CT molecular complexity index is 868. The number of para-hydroxylation sites is 1. The predicted molar refractivity (Wildman–Crippen MR) is 113 cm³/mol. The van der Waals surface area contributed by atoms with Gasteiger partial charge in [0.25, 0.3) is 5.56 Å². The molecule has 152 valence electrons. The first-order chi connectivity index (χ1) is 13.6. The Morgan fingerprint density at radius 2 is 1.96 bits per heavy atom. The number of nitrogens with zero attached hydrogens (tertiary/aromatic N) is 3. The van der Waals surface area contributed by atoms with Crippen molar-refractivity contribution in [2.75, 3.05) is 6.54 Å². The molecule has 0 saturated heterocycles. The Balaban J connectivity index is 1.88. The van der Waals surface area contributed by atoms with E-state index in [1.165, 1.54) is 25.7 Å². The van der Waals surface area contributed by atoms with Gasteiger partial charge in [-0.25, -0.2) is 4.98 Å². The molecule has 28 heavy (non-hydrogen) atoms. The average molecular weight is 384 g/mol. The summed E-state index contributed by atoms with van der Waals surface area (Å²) in [5, 5.41) is 0.641. The maximum absolute atomic E-state index is 13.0. The minimum Gasteiger partial charge on any atom is -0.333 e. The highest BCUT2D eigenvalue weighted by atomic mass is 16.2. The summed E-state index contributed by atoms with van der Waals surface area (Å²) in [6.07, 6.45) is 7.55. The van der Waals surface area contributed by atoms with Gasteiger partial charge in [-0.05, 0) is 44.7 Å². The van der Waals surface area contributed by atoms with E-state index in [0.29, 0.717) is 42.2 Å². The van der Waals surface area contributed by atoms with Gasteiger partial charge in [0.05, 0.1) is 16.9 Å². The zero-order valence-electron chi connectivity index (χ0n) is 17.5. The van der Waals surface area contributed by atoms with Crippen molar-refractivity contribution in [3.63, 3.8) is 0 Å². The average Bonchev–Trinajstić information content (AvgIpc) is 3.22. The lowest BCUT2D eigenvalue weighted by molar-refractivity contribution is -0.133. The molecule has 1 aliphatic rings. The van der Waals surface area contributed by atoms with Crippen molar-refractivity contribution < 1.29 is 4.79 Å². The third kappa shape index (κ3) is 4.29. The van der Waals surface area contributed by atoms with E-state index >= 15 is 0 Å². The minimum absolute atomic E-state index is 0.0104. The van der Waals surface area contributed by atoms with E-state index in [1.807, 2.05) is 43.0 Å². The first kappa shape index (κ1) is 20.6. The van der Waals surface area contributed by atoms with Gasteiger partial charge in [0.2, 0.25) is 5.91 Å². The molecule has 1 aromatic heterocycles. The van der Waals surface area contributed by atoms with Gasteiger partial charge in [0, 0.05) is 19.5 Å². The van der Waals surface area contributed by atoms with Crippen LogP contribution in [0.4, 0.5) is 0 Å². The van der Waals surface area contributed by atoms with Crippen molar-refractivity contribution >= 4 is 16.8 Å². The molecule has 1 atom stereocenters. The highest BCUT2D eigenvalue weighted by Gasteiger charge is 2.26. The fourth-order valence-corrected chi connectivity index (χ4v) is 4.52. The smallest absolute Gasteiger partial charge is 0.261 e. The Morgan fingerprint density at radius 3 is 2.64 bits per heavy atom. The Hall–Kier alpha value is -2.17. The van der Waals surface area contributed by atoms with Gasteiger partial charge >= 0.3 is 0 Å². The number of carbonyl (C=O) groups excluding carboxylic acids is 1. The van der Waals surface area contributed by atoms with E-state index in [9.17, 15) is 9.59 Å². The molecule has 2 aromatic rings. The second-order valence-electron chi connectivity index (χ2n) is 7.99. The lowest BCUT2D eigenvalue weighted by Gasteiger charge is -2.30. The van der Waals surface area contributed by atoms with Gasteiger partial charge in [-0.15, -0.1) is 0 Å². The summed E-state index contributed by atoms with van der Waals surface area (Å²) in [5.41, 5.74) is 0.694. The van der Waals surface area contributed by atoms with E-state index in [1.54, 1.807) is 4.57 Å². The van der Waals surface area contributed by atoms with Crippen molar-refractivity contribution in [3.8, 4) is 0 Å². The number of hydrogen-bond donors (Lipinski definition) is 0. The molecule has 0 N–H and O–H groups in total. The number of fused-ring (bicyclic) bond motifs is 1. The molecule has 0 aliphatic heterocycles. The predicted octanol–water partition coefficient (Wildman–Crippen LogP) is 4.69. The number of carbonyl (C=O) groups is 1. The van der Waals surface area contributed by atoms with E-state index in [4.69, 9.17) is 4.98 Å². The molecule has 0 spiro atoms. The van der Waals surface area contributed by atoms with E-state index in [-0.39, 0.29) is 17.5 Å². The second kappa shape index (κ2) is 9.35. The fourth-order valence-electron chi connectivity index (χ4n) is 4.52. The number of hydrogen-bond acceptors (Lipinski definition) is 3. The lowest BCUT2D eigenvalue weighted by atomic mass is 10.0. The lowest BCUT2D eigenvalue weighted by Crippen LogP contribution is -2.37. The van der Waals surface area contributed by atoms with Gasteiger partial charge < -0.3 is 4.90 Å². The SMILES string of the molecule is CCCn1c(C(C)N(CC)C(=O)CCC2CCCC2)nc2ccccc2c1=O. The van der Waals surface area contributed by atoms with Crippen molar-refractivity contribution in [1.82, 2.24) is 14.5 Å². The van der Waals surface area contributed by atoms with E-state index in [0.717, 1.165) is 12.8 Å². The van der Waals surface area contributed by atoms with Crippen LogP contribution in [-0.4, -0.2) is 26.9 Å². The summed E-state index contributed by atoms with van der Waals surface area (Å²) in [6.45, 7) is 7.30. The van der Waals surface area contributed by atoms with Crippen LogP contribution in [0.2, 0.25) is 0 Å². The maximum atomic E-state index is 13.0. The van der Waals surface area contributed by atoms with Crippen LogP contribution < -0.4 is 5.56 Å². The maximum Gasteiger partial charge on any atom is 0.261 e. The molecule has 1 heterocycles. The number of rotatable bonds is 8. The number of benzene rings is 1. The highest BCUT2D eigenvalue weighted by Crippen LogP contribution is 2.29. The summed E-state index contributed by atoms with van der Waals surface area (Å²) < 4.78 is 1.76. The minimum atomic E-state index is -0.218. The molecule has 1 aromatic carbocycles. The van der Waals surface area contributed by atoms with Crippen LogP contribution in [0.1, 0.15) is 77.6 Å². The molecule has 1 fully saturated rings. The summed E-state index contributed by atoms with van der Waals surface area (Å²) in [4.78, 5) is 32.7. The molecular weight excluding hydrogens is 350 g/mol. The second-order valence-corrected chi connectivity index (χ2v) is 7.99. The topological polar surface area (TPSA) is 55.2 Å². The van der Waals surface area contributed by atoms with Crippen LogP contribution in [0.3, 0.4) is 0 Å². The van der Waals surface area contributed by atoms with Crippen LogP contribution in [0.15, 0.2) is 29.1 Å². The first-order valence-electron chi connectivity index (χ1n) is 10.9. The van der Waals surface area contributed by atoms with Gasteiger partial charge in [-0.3, -0.25) is 14.2 Å². The van der Waals surface area contributed by atoms with E-state index < -0.39 is 0 Å². The largest absolute Gasteiger partial charge is 0.333 e. The van der Waals surface area contributed by atoms with Crippen molar-refractivity contribution in [3.05, 3.63) is 40.4 Å². The summed E-state index contributed by atoms with van der Waals surface area (Å²) >= 11 is 0.